The predicted molar refractivity (Wildman–Crippen MR) is 91.9 cm³/mol. The number of nitrogens with one attached hydrogen (secondary N) is 1. The Labute approximate surface area is 146 Å². The fourth-order valence-electron chi connectivity index (χ4n) is 3.34. The van der Waals surface area contributed by atoms with E-state index in [1.54, 1.807) is 20.4 Å². The lowest BCUT2D eigenvalue weighted by Crippen LogP contribution is -2.43. The molecule has 1 atom stereocenters. The molecule has 0 fully saturated rings. The van der Waals surface area contributed by atoms with E-state index in [4.69, 9.17) is 9.47 Å². The number of hydrogen-bond donors (Lipinski definition) is 2. The summed E-state index contributed by atoms with van der Waals surface area (Å²) in [6.45, 7) is 0.128. The van der Waals surface area contributed by atoms with E-state index in [1.165, 1.54) is 11.8 Å². The highest BCUT2D eigenvalue weighted by atomic mass is 16.5. The SMILES string of the molecule is COc1ccc2c(c1)CCC[C@@]2(O)CNC(=O)c1cn(C)nc1OC. The van der Waals surface area contributed by atoms with Crippen molar-refractivity contribution in [3.63, 3.8) is 0 Å². The average Bonchev–Trinajstić information content (AvgIpc) is 3.00. The van der Waals surface area contributed by atoms with Crippen molar-refractivity contribution in [1.29, 1.82) is 0 Å². The topological polar surface area (TPSA) is 85.6 Å². The third-order valence-electron chi connectivity index (χ3n) is 4.62. The minimum absolute atomic E-state index is 0.128. The number of aromatic nitrogens is 2. The average molecular weight is 345 g/mol. The summed E-state index contributed by atoms with van der Waals surface area (Å²) in [5.41, 5.74) is 1.16. The van der Waals surface area contributed by atoms with Crippen LogP contribution >= 0.6 is 0 Å². The zero-order valence-electron chi connectivity index (χ0n) is 14.7. The van der Waals surface area contributed by atoms with Gasteiger partial charge in [-0.15, -0.1) is 5.10 Å². The second kappa shape index (κ2) is 6.76. The Morgan fingerprint density at radius 3 is 2.92 bits per heavy atom. The lowest BCUT2D eigenvalue weighted by molar-refractivity contribution is 0.0188. The van der Waals surface area contributed by atoms with Crippen molar-refractivity contribution in [2.75, 3.05) is 20.8 Å². The number of benzene rings is 1. The van der Waals surface area contributed by atoms with Gasteiger partial charge in [0.1, 0.15) is 16.9 Å². The first kappa shape index (κ1) is 17.3. The zero-order valence-corrected chi connectivity index (χ0v) is 14.7. The van der Waals surface area contributed by atoms with Gasteiger partial charge in [0, 0.05) is 13.2 Å². The molecular weight excluding hydrogens is 322 g/mol. The molecule has 0 unspecified atom stereocenters. The molecule has 2 aromatic rings. The molecule has 1 aliphatic rings. The van der Waals surface area contributed by atoms with E-state index >= 15 is 0 Å². The van der Waals surface area contributed by atoms with Gasteiger partial charge in [0.25, 0.3) is 5.91 Å². The summed E-state index contributed by atoms with van der Waals surface area (Å²) in [6.07, 6.45) is 3.93. The van der Waals surface area contributed by atoms with Crippen LogP contribution in [0.4, 0.5) is 0 Å². The summed E-state index contributed by atoms with van der Waals surface area (Å²) in [7, 11) is 4.81. The van der Waals surface area contributed by atoms with Crippen molar-refractivity contribution in [2.45, 2.75) is 24.9 Å². The Balaban J connectivity index is 1.78. The summed E-state index contributed by atoms with van der Waals surface area (Å²) in [6, 6.07) is 5.66. The molecule has 134 valence electrons. The first-order valence-corrected chi connectivity index (χ1v) is 8.22. The number of rotatable bonds is 5. The number of hydrogen-bond acceptors (Lipinski definition) is 5. The maximum atomic E-state index is 12.5. The second-order valence-electron chi connectivity index (χ2n) is 6.32. The number of carbonyl (C=O) groups is 1. The van der Waals surface area contributed by atoms with Gasteiger partial charge in [-0.2, -0.15) is 0 Å². The normalized spacial score (nSPS) is 19.2. The van der Waals surface area contributed by atoms with E-state index in [9.17, 15) is 9.90 Å². The van der Waals surface area contributed by atoms with E-state index in [2.05, 4.69) is 10.4 Å². The van der Waals surface area contributed by atoms with Gasteiger partial charge >= 0.3 is 0 Å². The molecule has 1 aromatic heterocycles. The highest BCUT2D eigenvalue weighted by Crippen LogP contribution is 2.36. The molecule has 1 aromatic carbocycles. The van der Waals surface area contributed by atoms with Gasteiger partial charge in [-0.1, -0.05) is 6.07 Å². The Morgan fingerprint density at radius 2 is 2.20 bits per heavy atom. The number of ether oxygens (including phenoxy) is 2. The number of fused-ring (bicyclic) bond motifs is 1. The van der Waals surface area contributed by atoms with Crippen molar-refractivity contribution < 1.29 is 19.4 Å². The van der Waals surface area contributed by atoms with Gasteiger partial charge < -0.3 is 19.9 Å². The van der Waals surface area contributed by atoms with Crippen LogP contribution in [0, 0.1) is 0 Å². The quantitative estimate of drug-likeness (QED) is 0.855. The van der Waals surface area contributed by atoms with Gasteiger partial charge in [0.2, 0.25) is 5.88 Å². The van der Waals surface area contributed by atoms with Crippen LogP contribution in [0.1, 0.15) is 34.3 Å². The molecule has 1 aliphatic carbocycles. The van der Waals surface area contributed by atoms with Gasteiger partial charge in [-0.3, -0.25) is 9.48 Å². The van der Waals surface area contributed by atoms with Gasteiger partial charge in [0.05, 0.1) is 20.8 Å². The molecule has 25 heavy (non-hydrogen) atoms. The van der Waals surface area contributed by atoms with Gasteiger partial charge in [0.15, 0.2) is 0 Å². The number of nitrogens with zero attached hydrogens (tertiary/aromatic N) is 2. The Kier molecular flexibility index (Phi) is 4.67. The molecule has 0 saturated heterocycles. The number of aliphatic hydroxyl groups is 1. The number of carbonyl (C=O) groups excluding carboxylic acids is 1. The summed E-state index contributed by atoms with van der Waals surface area (Å²) >= 11 is 0. The zero-order chi connectivity index (χ0) is 18.0. The number of methoxy groups -OCH3 is 2. The standard InChI is InChI=1S/C18H23N3O4/c1-21-10-14(17(20-21)25-3)16(22)19-11-18(23)8-4-5-12-9-13(24-2)6-7-15(12)18/h6-7,9-10,23H,4-5,8,11H2,1-3H3,(H,19,22)/t18-/m1/s1. The van der Waals surface area contributed by atoms with Crippen LogP contribution in [-0.4, -0.2) is 41.6 Å². The van der Waals surface area contributed by atoms with E-state index in [-0.39, 0.29) is 18.3 Å². The molecule has 1 heterocycles. The highest BCUT2D eigenvalue weighted by molar-refractivity contribution is 5.96. The number of aryl methyl sites for hydroxylation is 2. The molecule has 3 rings (SSSR count). The molecular formula is C18H23N3O4. The molecule has 2 N–H and O–H groups in total. The molecule has 0 radical (unpaired) electrons. The summed E-state index contributed by atoms with van der Waals surface area (Å²) in [4.78, 5) is 12.5. The molecule has 0 aliphatic heterocycles. The largest absolute Gasteiger partial charge is 0.497 e. The lowest BCUT2D eigenvalue weighted by atomic mass is 9.79. The summed E-state index contributed by atoms with van der Waals surface area (Å²) in [5.74, 6) is 0.715. The van der Waals surface area contributed by atoms with Crippen LogP contribution in [0.15, 0.2) is 24.4 Å². The van der Waals surface area contributed by atoms with Crippen LogP contribution in [0.5, 0.6) is 11.6 Å². The minimum atomic E-state index is -1.09. The molecule has 0 bridgehead atoms. The monoisotopic (exact) mass is 345 g/mol. The maximum Gasteiger partial charge on any atom is 0.258 e. The number of amides is 1. The van der Waals surface area contributed by atoms with Crippen molar-refractivity contribution in [1.82, 2.24) is 15.1 Å². The third-order valence-corrected chi connectivity index (χ3v) is 4.62. The van der Waals surface area contributed by atoms with Gasteiger partial charge in [-0.25, -0.2) is 0 Å². The van der Waals surface area contributed by atoms with E-state index < -0.39 is 5.60 Å². The molecule has 0 saturated carbocycles. The Bertz CT molecular complexity index is 787. The van der Waals surface area contributed by atoms with Crippen molar-refractivity contribution in [3.8, 4) is 11.6 Å². The Morgan fingerprint density at radius 1 is 1.40 bits per heavy atom. The minimum Gasteiger partial charge on any atom is -0.497 e. The Hall–Kier alpha value is -2.54. The molecule has 7 nitrogen and oxygen atoms in total. The summed E-state index contributed by atoms with van der Waals surface area (Å²) < 4.78 is 11.9. The smallest absolute Gasteiger partial charge is 0.258 e. The van der Waals surface area contributed by atoms with Crippen LogP contribution in [0.2, 0.25) is 0 Å². The van der Waals surface area contributed by atoms with E-state index in [0.717, 1.165) is 29.7 Å². The fraction of sp³-hybridized carbons (Fsp3) is 0.444. The highest BCUT2D eigenvalue weighted by Gasteiger charge is 2.35. The van der Waals surface area contributed by atoms with Crippen molar-refractivity contribution in [3.05, 3.63) is 41.1 Å². The maximum absolute atomic E-state index is 12.5. The van der Waals surface area contributed by atoms with E-state index in [0.29, 0.717) is 12.0 Å². The first-order chi connectivity index (χ1) is 12.0. The van der Waals surface area contributed by atoms with Crippen LogP contribution in [0.3, 0.4) is 0 Å². The predicted octanol–water partition coefficient (Wildman–Crippen LogP) is 1.39. The molecule has 7 heteroatoms. The lowest BCUT2D eigenvalue weighted by Gasteiger charge is -2.34. The first-order valence-electron chi connectivity index (χ1n) is 8.22. The van der Waals surface area contributed by atoms with Gasteiger partial charge in [-0.05, 0) is 42.5 Å². The third kappa shape index (κ3) is 3.32. The van der Waals surface area contributed by atoms with E-state index in [1.807, 2.05) is 18.2 Å². The fourth-order valence-corrected chi connectivity index (χ4v) is 3.34. The van der Waals surface area contributed by atoms with Crippen LogP contribution in [-0.2, 0) is 19.1 Å². The van der Waals surface area contributed by atoms with Crippen LogP contribution in [0.25, 0.3) is 0 Å². The summed E-state index contributed by atoms with van der Waals surface area (Å²) in [5, 5.41) is 18.0. The molecule has 0 spiro atoms. The van der Waals surface area contributed by atoms with Crippen molar-refractivity contribution >= 4 is 5.91 Å². The second-order valence-corrected chi connectivity index (χ2v) is 6.32. The molecule has 1 amide bonds. The van der Waals surface area contributed by atoms with Crippen LogP contribution < -0.4 is 14.8 Å². The van der Waals surface area contributed by atoms with Crippen molar-refractivity contribution in [2.24, 2.45) is 7.05 Å².